The summed E-state index contributed by atoms with van der Waals surface area (Å²) in [5.74, 6) is -0.519. The van der Waals surface area contributed by atoms with Gasteiger partial charge in [0.1, 0.15) is 0 Å². The zero-order chi connectivity index (χ0) is 19.8. The number of nitrogens with one attached hydrogen (secondary N) is 1. The summed E-state index contributed by atoms with van der Waals surface area (Å²) >= 11 is 0. The van der Waals surface area contributed by atoms with Crippen LogP contribution in [0.1, 0.15) is 28.7 Å². The van der Waals surface area contributed by atoms with Crippen molar-refractivity contribution in [3.63, 3.8) is 0 Å². The molecule has 0 bridgehead atoms. The third-order valence-electron chi connectivity index (χ3n) is 4.49. The number of aromatic nitrogens is 2. The Kier molecular flexibility index (Phi) is 6.51. The molecule has 0 saturated carbocycles. The highest BCUT2D eigenvalue weighted by molar-refractivity contribution is 5.92. The number of benzene rings is 1. The Balaban J connectivity index is 0.00000280. The van der Waals surface area contributed by atoms with E-state index >= 15 is 0 Å². The highest BCUT2D eigenvalue weighted by Gasteiger charge is 2.31. The minimum Gasteiger partial charge on any atom is -0.332 e. The van der Waals surface area contributed by atoms with Crippen molar-refractivity contribution in [2.75, 3.05) is 19.6 Å². The van der Waals surface area contributed by atoms with Gasteiger partial charge in [0, 0.05) is 37.4 Å². The first-order chi connectivity index (χ1) is 12.7. The van der Waals surface area contributed by atoms with Crippen LogP contribution in [-0.4, -0.2) is 46.3 Å². The van der Waals surface area contributed by atoms with Crippen LogP contribution in [0.3, 0.4) is 0 Å². The van der Waals surface area contributed by atoms with Crippen molar-refractivity contribution >= 4 is 18.3 Å². The number of piperazine rings is 1. The van der Waals surface area contributed by atoms with Gasteiger partial charge in [-0.2, -0.15) is 18.3 Å². The van der Waals surface area contributed by atoms with Gasteiger partial charge in [0.2, 0.25) is 5.43 Å². The second-order valence-corrected chi connectivity index (χ2v) is 6.51. The molecular weight excluding hydrogens is 397 g/mol. The molecule has 1 saturated heterocycles. The third-order valence-corrected chi connectivity index (χ3v) is 4.49. The summed E-state index contributed by atoms with van der Waals surface area (Å²) in [5, 5.41) is 7.25. The predicted molar refractivity (Wildman–Crippen MR) is 100 cm³/mol. The monoisotopic (exact) mass is 416 g/mol. The molecule has 2 aromatic rings. The first-order valence-corrected chi connectivity index (χ1v) is 8.49. The molecule has 6 nitrogen and oxygen atoms in total. The first-order valence-electron chi connectivity index (χ1n) is 8.49. The Morgan fingerprint density at radius 2 is 2.00 bits per heavy atom. The van der Waals surface area contributed by atoms with Crippen LogP contribution in [-0.2, 0) is 6.18 Å². The third kappa shape index (κ3) is 4.36. The first kappa shape index (κ1) is 21.9. The van der Waals surface area contributed by atoms with E-state index in [1.807, 2.05) is 6.92 Å². The SMILES string of the molecule is Cc1cc(=O)c(C(=O)N2CCNC[C@H]2C)nn1-c1cccc(C(F)(F)F)c1.Cl. The number of aryl methyl sites for hydroxylation is 1. The maximum atomic E-state index is 13.0. The number of carbonyl (C=O) groups is 1. The van der Waals surface area contributed by atoms with E-state index in [0.29, 0.717) is 25.3 Å². The van der Waals surface area contributed by atoms with Gasteiger partial charge in [-0.05, 0) is 32.0 Å². The zero-order valence-corrected chi connectivity index (χ0v) is 16.1. The van der Waals surface area contributed by atoms with Gasteiger partial charge in [0.25, 0.3) is 5.91 Å². The van der Waals surface area contributed by atoms with E-state index in [9.17, 15) is 22.8 Å². The molecule has 28 heavy (non-hydrogen) atoms. The lowest BCUT2D eigenvalue weighted by atomic mass is 10.1. The van der Waals surface area contributed by atoms with Crippen LogP contribution in [0, 0.1) is 6.92 Å². The molecule has 1 aliphatic rings. The highest BCUT2D eigenvalue weighted by atomic mass is 35.5. The molecular formula is C18H20ClF3N4O2. The average Bonchev–Trinajstić information content (AvgIpc) is 2.61. The molecule has 1 aromatic carbocycles. The normalized spacial score (nSPS) is 17.2. The Morgan fingerprint density at radius 1 is 1.29 bits per heavy atom. The summed E-state index contributed by atoms with van der Waals surface area (Å²) in [6.45, 7) is 5.03. The van der Waals surface area contributed by atoms with E-state index in [1.54, 1.807) is 11.8 Å². The highest BCUT2D eigenvalue weighted by Crippen LogP contribution is 2.30. The van der Waals surface area contributed by atoms with E-state index in [0.717, 1.165) is 12.1 Å². The number of hydrogen-bond acceptors (Lipinski definition) is 4. The van der Waals surface area contributed by atoms with Crippen molar-refractivity contribution in [2.45, 2.75) is 26.1 Å². The van der Waals surface area contributed by atoms with Crippen LogP contribution in [0.25, 0.3) is 5.69 Å². The van der Waals surface area contributed by atoms with Gasteiger partial charge >= 0.3 is 6.18 Å². The number of halogens is 4. The number of carbonyl (C=O) groups excluding carboxylic acids is 1. The number of amides is 1. The smallest absolute Gasteiger partial charge is 0.332 e. The van der Waals surface area contributed by atoms with E-state index in [-0.39, 0.29) is 29.8 Å². The van der Waals surface area contributed by atoms with Crippen LogP contribution in [0.4, 0.5) is 13.2 Å². The van der Waals surface area contributed by atoms with Crippen molar-refractivity contribution < 1.29 is 18.0 Å². The van der Waals surface area contributed by atoms with Crippen molar-refractivity contribution in [1.82, 2.24) is 20.0 Å². The molecule has 1 fully saturated rings. The van der Waals surface area contributed by atoms with Crippen LogP contribution < -0.4 is 10.7 Å². The van der Waals surface area contributed by atoms with Gasteiger partial charge in [-0.3, -0.25) is 9.59 Å². The van der Waals surface area contributed by atoms with Crippen molar-refractivity contribution in [3.05, 3.63) is 57.5 Å². The molecule has 0 radical (unpaired) electrons. The number of nitrogens with zero attached hydrogens (tertiary/aromatic N) is 3. The fourth-order valence-electron chi connectivity index (χ4n) is 3.05. The number of rotatable bonds is 2. The molecule has 0 unspecified atom stereocenters. The van der Waals surface area contributed by atoms with Crippen molar-refractivity contribution in [1.29, 1.82) is 0 Å². The summed E-state index contributed by atoms with van der Waals surface area (Å²) < 4.78 is 40.2. The van der Waals surface area contributed by atoms with Gasteiger partial charge < -0.3 is 10.2 Å². The minimum absolute atomic E-state index is 0. The lowest BCUT2D eigenvalue weighted by Crippen LogP contribution is -2.53. The summed E-state index contributed by atoms with van der Waals surface area (Å²) in [6, 6.07) is 5.70. The van der Waals surface area contributed by atoms with E-state index < -0.39 is 23.1 Å². The number of alkyl halides is 3. The molecule has 1 atom stereocenters. The van der Waals surface area contributed by atoms with Crippen LogP contribution in [0.15, 0.2) is 35.1 Å². The topological polar surface area (TPSA) is 67.2 Å². The largest absolute Gasteiger partial charge is 0.416 e. The number of hydrogen-bond donors (Lipinski definition) is 1. The Hall–Kier alpha value is -2.39. The fourth-order valence-corrected chi connectivity index (χ4v) is 3.05. The lowest BCUT2D eigenvalue weighted by molar-refractivity contribution is -0.137. The van der Waals surface area contributed by atoms with E-state index in [1.165, 1.54) is 22.9 Å². The maximum absolute atomic E-state index is 13.0. The van der Waals surface area contributed by atoms with E-state index in [4.69, 9.17) is 0 Å². The van der Waals surface area contributed by atoms with Gasteiger partial charge in [0.15, 0.2) is 5.69 Å². The van der Waals surface area contributed by atoms with Crippen molar-refractivity contribution in [3.8, 4) is 5.69 Å². The summed E-state index contributed by atoms with van der Waals surface area (Å²) in [6.07, 6.45) is -4.50. The molecule has 1 N–H and O–H groups in total. The van der Waals surface area contributed by atoms with Gasteiger partial charge in [-0.1, -0.05) is 6.07 Å². The summed E-state index contributed by atoms with van der Waals surface area (Å²) in [4.78, 5) is 26.7. The zero-order valence-electron chi connectivity index (χ0n) is 15.3. The second kappa shape index (κ2) is 8.32. The molecule has 3 rings (SSSR count). The van der Waals surface area contributed by atoms with Gasteiger partial charge in [-0.25, -0.2) is 4.68 Å². The van der Waals surface area contributed by atoms with Crippen LogP contribution >= 0.6 is 12.4 Å². The Morgan fingerprint density at radius 3 is 2.64 bits per heavy atom. The maximum Gasteiger partial charge on any atom is 0.416 e. The van der Waals surface area contributed by atoms with Crippen molar-refractivity contribution in [2.24, 2.45) is 0 Å². The summed E-state index contributed by atoms with van der Waals surface area (Å²) in [5.41, 5.74) is -1.21. The molecule has 0 aliphatic carbocycles. The van der Waals surface area contributed by atoms with Gasteiger partial charge in [0.05, 0.1) is 11.3 Å². The molecule has 1 aromatic heterocycles. The Labute approximate surface area is 165 Å². The molecule has 0 spiro atoms. The molecule has 1 amide bonds. The van der Waals surface area contributed by atoms with E-state index in [2.05, 4.69) is 10.4 Å². The quantitative estimate of drug-likeness (QED) is 0.816. The molecule has 2 heterocycles. The Bertz CT molecular complexity index is 930. The molecule has 10 heteroatoms. The lowest BCUT2D eigenvalue weighted by Gasteiger charge is -2.33. The van der Waals surface area contributed by atoms with Gasteiger partial charge in [-0.15, -0.1) is 12.4 Å². The fraction of sp³-hybridized carbons (Fsp3) is 0.389. The average molecular weight is 417 g/mol. The predicted octanol–water partition coefficient (Wildman–Crippen LogP) is 2.42. The second-order valence-electron chi connectivity index (χ2n) is 6.51. The standard InChI is InChI=1S/C18H19F3N4O2.ClH/c1-11-8-15(26)16(17(27)24-7-6-22-10-12(24)2)23-25(11)14-5-3-4-13(9-14)18(19,20)21;/h3-5,8-9,12,22H,6-7,10H2,1-2H3;1H/t12-;/m1./s1. The summed E-state index contributed by atoms with van der Waals surface area (Å²) in [7, 11) is 0. The van der Waals surface area contributed by atoms with Crippen LogP contribution in [0.2, 0.25) is 0 Å². The van der Waals surface area contributed by atoms with Crippen LogP contribution in [0.5, 0.6) is 0 Å². The molecule has 152 valence electrons. The minimum atomic E-state index is -4.50. The molecule has 1 aliphatic heterocycles.